The van der Waals surface area contributed by atoms with E-state index in [2.05, 4.69) is 34.8 Å². The lowest BCUT2D eigenvalue weighted by atomic mass is 10.2. The molecule has 2 N–H and O–H groups in total. The van der Waals surface area contributed by atoms with Crippen molar-refractivity contribution >= 4 is 11.6 Å². The smallest absolute Gasteiger partial charge is 0.246 e. The Hall–Kier alpha value is -2.21. The summed E-state index contributed by atoms with van der Waals surface area (Å²) in [6.45, 7) is 6.06. The molecular weight excluding hydrogens is 266 g/mol. The van der Waals surface area contributed by atoms with Gasteiger partial charge in [-0.2, -0.15) is 0 Å². The number of rotatable bonds is 7. The van der Waals surface area contributed by atoms with E-state index in [1.807, 2.05) is 30.3 Å². The molecule has 0 spiro atoms. The van der Waals surface area contributed by atoms with Crippen LogP contribution in [0.3, 0.4) is 0 Å². The zero-order valence-corrected chi connectivity index (χ0v) is 12.4. The van der Waals surface area contributed by atoms with Crippen LogP contribution in [0.1, 0.15) is 19.5 Å². The van der Waals surface area contributed by atoms with E-state index in [-0.39, 0.29) is 12.5 Å². The molecule has 21 heavy (non-hydrogen) atoms. The molecule has 2 aromatic rings. The van der Waals surface area contributed by atoms with Crippen LogP contribution in [0, 0.1) is 5.92 Å². The molecular formula is C15H21N5O. The first kappa shape index (κ1) is 15.2. The fourth-order valence-corrected chi connectivity index (χ4v) is 1.85. The molecule has 0 saturated heterocycles. The fourth-order valence-electron chi connectivity index (χ4n) is 1.85. The molecule has 0 bridgehead atoms. The van der Waals surface area contributed by atoms with Crippen LogP contribution in [0.5, 0.6) is 0 Å². The van der Waals surface area contributed by atoms with Crippen LogP contribution in [0.25, 0.3) is 0 Å². The number of nitrogens with one attached hydrogen (secondary N) is 2. The molecule has 0 unspecified atom stereocenters. The first-order valence-corrected chi connectivity index (χ1v) is 7.08. The van der Waals surface area contributed by atoms with Gasteiger partial charge in [0.1, 0.15) is 6.54 Å². The lowest BCUT2D eigenvalue weighted by Gasteiger charge is -2.05. The van der Waals surface area contributed by atoms with Crippen molar-refractivity contribution in [3.05, 3.63) is 42.2 Å². The highest BCUT2D eigenvalue weighted by Crippen LogP contribution is 2.05. The van der Waals surface area contributed by atoms with Crippen LogP contribution in [-0.4, -0.2) is 27.4 Å². The fraction of sp³-hybridized carbons (Fsp3) is 0.400. The van der Waals surface area contributed by atoms with E-state index < -0.39 is 0 Å². The number of benzene rings is 1. The van der Waals surface area contributed by atoms with E-state index in [0.29, 0.717) is 12.5 Å². The minimum atomic E-state index is -0.118. The molecule has 0 aliphatic heterocycles. The summed E-state index contributed by atoms with van der Waals surface area (Å²) in [6.07, 6.45) is 1.79. The number of hydrogen-bond donors (Lipinski definition) is 2. The van der Waals surface area contributed by atoms with Crippen LogP contribution < -0.4 is 10.6 Å². The average Bonchev–Trinajstić information content (AvgIpc) is 2.86. The molecule has 1 aromatic carbocycles. The van der Waals surface area contributed by atoms with Crippen molar-refractivity contribution < 1.29 is 4.79 Å². The maximum atomic E-state index is 11.9. The third kappa shape index (κ3) is 5.35. The number of amides is 1. The summed E-state index contributed by atoms with van der Waals surface area (Å²) < 4.78 is 1.55. The minimum Gasteiger partial charge on any atom is -0.324 e. The molecule has 2 rings (SSSR count). The van der Waals surface area contributed by atoms with E-state index >= 15 is 0 Å². The summed E-state index contributed by atoms with van der Waals surface area (Å²) in [7, 11) is 0. The molecule has 6 heteroatoms. The maximum absolute atomic E-state index is 11.9. The van der Waals surface area contributed by atoms with Gasteiger partial charge < -0.3 is 10.6 Å². The van der Waals surface area contributed by atoms with Crippen molar-refractivity contribution in [2.24, 2.45) is 5.92 Å². The van der Waals surface area contributed by atoms with Crippen molar-refractivity contribution in [1.29, 1.82) is 0 Å². The molecule has 0 aliphatic carbocycles. The predicted octanol–water partition coefficient (Wildman–Crippen LogP) is 1.66. The largest absolute Gasteiger partial charge is 0.324 e. The number of anilines is 1. The first-order chi connectivity index (χ1) is 10.1. The van der Waals surface area contributed by atoms with Gasteiger partial charge in [0.25, 0.3) is 0 Å². The molecule has 1 amide bonds. The van der Waals surface area contributed by atoms with E-state index in [1.165, 1.54) is 0 Å². The van der Waals surface area contributed by atoms with Gasteiger partial charge in [-0.1, -0.05) is 37.3 Å². The highest BCUT2D eigenvalue weighted by atomic mass is 16.2. The number of hydrogen-bond acceptors (Lipinski definition) is 4. The molecule has 0 fully saturated rings. The van der Waals surface area contributed by atoms with Gasteiger partial charge in [-0.15, -0.1) is 5.10 Å². The number of carbonyl (C=O) groups excluding carboxylic acids is 1. The van der Waals surface area contributed by atoms with Gasteiger partial charge in [-0.3, -0.25) is 4.79 Å². The lowest BCUT2D eigenvalue weighted by Crippen LogP contribution is -2.19. The monoisotopic (exact) mass is 287 g/mol. The van der Waals surface area contributed by atoms with Crippen LogP contribution in [0.2, 0.25) is 0 Å². The zero-order chi connectivity index (χ0) is 15.1. The topological polar surface area (TPSA) is 71.8 Å². The van der Waals surface area contributed by atoms with Crippen molar-refractivity contribution in [3.63, 3.8) is 0 Å². The Morgan fingerprint density at radius 3 is 2.76 bits per heavy atom. The Balaban J connectivity index is 1.80. The second-order valence-electron chi connectivity index (χ2n) is 5.35. The molecule has 0 saturated carbocycles. The normalized spacial score (nSPS) is 10.8. The zero-order valence-electron chi connectivity index (χ0n) is 12.4. The highest BCUT2D eigenvalue weighted by Gasteiger charge is 2.06. The van der Waals surface area contributed by atoms with Gasteiger partial charge in [0.15, 0.2) is 0 Å². The van der Waals surface area contributed by atoms with E-state index in [0.717, 1.165) is 17.9 Å². The van der Waals surface area contributed by atoms with Gasteiger partial charge in [0.2, 0.25) is 5.91 Å². The number of carbonyl (C=O) groups is 1. The second-order valence-corrected chi connectivity index (χ2v) is 5.35. The number of aromatic nitrogens is 3. The van der Waals surface area contributed by atoms with Crippen LogP contribution in [0.15, 0.2) is 36.5 Å². The van der Waals surface area contributed by atoms with Gasteiger partial charge in [-0.25, -0.2) is 4.68 Å². The summed E-state index contributed by atoms with van der Waals surface area (Å²) >= 11 is 0. The Bertz CT molecular complexity index is 564. The van der Waals surface area contributed by atoms with E-state index in [4.69, 9.17) is 0 Å². The van der Waals surface area contributed by atoms with Crippen LogP contribution in [0.4, 0.5) is 5.69 Å². The Morgan fingerprint density at radius 1 is 1.29 bits per heavy atom. The standard InChI is InChI=1S/C15H21N5O/c1-12(2)8-16-9-14-10-20(19-18-14)11-15(21)17-13-6-4-3-5-7-13/h3-7,10,12,16H,8-9,11H2,1-2H3,(H,17,21). The molecule has 0 radical (unpaired) electrons. The minimum absolute atomic E-state index is 0.118. The van der Waals surface area contributed by atoms with Crippen molar-refractivity contribution in [2.45, 2.75) is 26.9 Å². The lowest BCUT2D eigenvalue weighted by molar-refractivity contribution is -0.116. The SMILES string of the molecule is CC(C)CNCc1cn(CC(=O)Nc2ccccc2)nn1. The third-order valence-electron chi connectivity index (χ3n) is 2.81. The molecule has 6 nitrogen and oxygen atoms in total. The Kier molecular flexibility index (Phi) is 5.45. The maximum Gasteiger partial charge on any atom is 0.246 e. The van der Waals surface area contributed by atoms with Crippen molar-refractivity contribution in [1.82, 2.24) is 20.3 Å². The Labute approximate surface area is 124 Å². The quantitative estimate of drug-likeness (QED) is 0.812. The van der Waals surface area contributed by atoms with E-state index in [9.17, 15) is 4.79 Å². The number of nitrogens with zero attached hydrogens (tertiary/aromatic N) is 3. The summed E-state index contributed by atoms with van der Waals surface area (Å²) in [5.74, 6) is 0.476. The number of para-hydroxylation sites is 1. The summed E-state index contributed by atoms with van der Waals surface area (Å²) in [5, 5.41) is 14.1. The summed E-state index contributed by atoms with van der Waals surface area (Å²) in [4.78, 5) is 11.9. The second kappa shape index (κ2) is 7.54. The molecule has 0 aliphatic rings. The van der Waals surface area contributed by atoms with Gasteiger partial charge >= 0.3 is 0 Å². The van der Waals surface area contributed by atoms with Gasteiger partial charge in [-0.05, 0) is 24.6 Å². The molecule has 112 valence electrons. The summed E-state index contributed by atoms with van der Waals surface area (Å²) in [6, 6.07) is 9.36. The highest BCUT2D eigenvalue weighted by molar-refractivity contribution is 5.90. The van der Waals surface area contributed by atoms with Crippen LogP contribution >= 0.6 is 0 Å². The molecule has 1 aromatic heterocycles. The third-order valence-corrected chi connectivity index (χ3v) is 2.81. The first-order valence-electron chi connectivity index (χ1n) is 7.08. The van der Waals surface area contributed by atoms with Crippen molar-refractivity contribution in [3.8, 4) is 0 Å². The molecule has 1 heterocycles. The van der Waals surface area contributed by atoms with E-state index in [1.54, 1.807) is 10.9 Å². The van der Waals surface area contributed by atoms with Gasteiger partial charge in [0, 0.05) is 12.2 Å². The average molecular weight is 287 g/mol. The predicted molar refractivity (Wildman–Crippen MR) is 81.6 cm³/mol. The Morgan fingerprint density at radius 2 is 2.05 bits per heavy atom. The molecule has 0 atom stereocenters. The van der Waals surface area contributed by atoms with Gasteiger partial charge in [0.05, 0.1) is 11.9 Å². The van der Waals surface area contributed by atoms with Crippen molar-refractivity contribution in [2.75, 3.05) is 11.9 Å². The summed E-state index contributed by atoms with van der Waals surface area (Å²) in [5.41, 5.74) is 1.62. The van der Waals surface area contributed by atoms with Crippen LogP contribution in [-0.2, 0) is 17.9 Å².